The highest BCUT2D eigenvalue weighted by Gasteiger charge is 2.16. The van der Waals surface area contributed by atoms with Gasteiger partial charge in [0.2, 0.25) is 15.9 Å². The Labute approximate surface area is 213 Å². The number of hydrogen-bond acceptors (Lipinski definition) is 10. The number of benzene rings is 2. The number of aromatic nitrogens is 3. The summed E-state index contributed by atoms with van der Waals surface area (Å²) in [6, 6.07) is 12.2. The lowest BCUT2D eigenvalue weighted by atomic mass is 10.0. The highest BCUT2D eigenvalue weighted by Crippen LogP contribution is 2.33. The van der Waals surface area contributed by atoms with Crippen molar-refractivity contribution in [3.63, 3.8) is 0 Å². The molecule has 0 spiro atoms. The van der Waals surface area contributed by atoms with Crippen molar-refractivity contribution in [2.45, 2.75) is 6.92 Å². The summed E-state index contributed by atoms with van der Waals surface area (Å²) in [5.41, 5.74) is 3.28. The summed E-state index contributed by atoms with van der Waals surface area (Å²) in [5.74, 6) is 0.440. The molecule has 192 valence electrons. The molecule has 2 heterocycles. The summed E-state index contributed by atoms with van der Waals surface area (Å²) < 4.78 is 42.2. The van der Waals surface area contributed by atoms with Crippen LogP contribution < -0.4 is 19.5 Å². The fourth-order valence-electron chi connectivity index (χ4n) is 3.61. The largest absolute Gasteiger partial charge is 0.496 e. The fourth-order valence-corrected chi connectivity index (χ4v) is 4.23. The highest BCUT2D eigenvalue weighted by atomic mass is 32.2. The van der Waals surface area contributed by atoms with Gasteiger partial charge in [0.15, 0.2) is 0 Å². The Morgan fingerprint density at radius 2 is 1.76 bits per heavy atom. The van der Waals surface area contributed by atoms with E-state index >= 15 is 0 Å². The van der Waals surface area contributed by atoms with Crippen molar-refractivity contribution in [3.8, 4) is 22.8 Å². The normalized spacial score (nSPS) is 11.1. The average molecular weight is 524 g/mol. The number of rotatable bonds is 9. The predicted octanol–water partition coefficient (Wildman–Crippen LogP) is 4.00. The van der Waals surface area contributed by atoms with Crippen LogP contribution in [-0.2, 0) is 14.8 Å². The van der Waals surface area contributed by atoms with Crippen LogP contribution in [0.4, 0.5) is 17.2 Å². The molecule has 0 amide bonds. The van der Waals surface area contributed by atoms with Crippen LogP contribution >= 0.6 is 0 Å². The van der Waals surface area contributed by atoms with Crippen LogP contribution in [0, 0.1) is 0 Å². The second kappa shape index (κ2) is 10.7. The van der Waals surface area contributed by atoms with Gasteiger partial charge in [-0.1, -0.05) is 6.07 Å². The minimum atomic E-state index is -3.54. The first-order chi connectivity index (χ1) is 17.8. The topological polar surface area (TPSA) is 142 Å². The zero-order valence-electron chi connectivity index (χ0n) is 20.6. The molecule has 0 bridgehead atoms. The molecule has 0 atom stereocenters. The van der Waals surface area contributed by atoms with E-state index in [2.05, 4.69) is 25.0 Å². The SMILES string of the molecule is CCS(=O)(=O)Nc1cc(-c2ccc3ncnc(Nc4ccc(C(=O)OC)c(OC)c4)c3c2)cnc1OC. The second-order valence-corrected chi connectivity index (χ2v) is 9.78. The van der Waals surface area contributed by atoms with E-state index in [1.165, 1.54) is 27.7 Å². The number of sulfonamides is 1. The number of esters is 1. The zero-order valence-corrected chi connectivity index (χ0v) is 21.4. The van der Waals surface area contributed by atoms with Gasteiger partial charge in [0, 0.05) is 28.9 Å². The Balaban J connectivity index is 1.74. The summed E-state index contributed by atoms with van der Waals surface area (Å²) >= 11 is 0. The van der Waals surface area contributed by atoms with E-state index in [1.807, 2.05) is 18.2 Å². The molecule has 0 aliphatic heterocycles. The number of nitrogens with one attached hydrogen (secondary N) is 2. The second-order valence-electron chi connectivity index (χ2n) is 7.77. The molecule has 0 saturated carbocycles. The van der Waals surface area contributed by atoms with Gasteiger partial charge in [-0.15, -0.1) is 0 Å². The summed E-state index contributed by atoms with van der Waals surface area (Å²) in [7, 11) is 0.657. The van der Waals surface area contributed by atoms with Crippen molar-refractivity contribution in [2.75, 3.05) is 37.1 Å². The minimum Gasteiger partial charge on any atom is -0.496 e. The van der Waals surface area contributed by atoms with Crippen LogP contribution in [0.2, 0.25) is 0 Å². The summed E-state index contributed by atoms with van der Waals surface area (Å²) in [4.78, 5) is 25.0. The van der Waals surface area contributed by atoms with E-state index in [0.717, 1.165) is 5.56 Å². The van der Waals surface area contributed by atoms with E-state index in [1.54, 1.807) is 37.4 Å². The van der Waals surface area contributed by atoms with Gasteiger partial charge in [-0.2, -0.15) is 0 Å². The van der Waals surface area contributed by atoms with Crippen LogP contribution in [0.1, 0.15) is 17.3 Å². The molecule has 0 aliphatic carbocycles. The first kappa shape index (κ1) is 25.6. The van der Waals surface area contributed by atoms with Gasteiger partial charge >= 0.3 is 5.97 Å². The smallest absolute Gasteiger partial charge is 0.341 e. The minimum absolute atomic E-state index is 0.0892. The zero-order chi connectivity index (χ0) is 26.6. The summed E-state index contributed by atoms with van der Waals surface area (Å²) in [5, 5.41) is 3.95. The third-order valence-electron chi connectivity index (χ3n) is 5.53. The maximum Gasteiger partial charge on any atom is 0.341 e. The molecular formula is C25H25N5O6S. The first-order valence-corrected chi connectivity index (χ1v) is 12.8. The fraction of sp³-hybridized carbons (Fsp3) is 0.200. The van der Waals surface area contributed by atoms with Gasteiger partial charge in [0.25, 0.3) is 0 Å². The quantitative estimate of drug-likeness (QED) is 0.309. The van der Waals surface area contributed by atoms with Crippen molar-refractivity contribution >= 4 is 44.1 Å². The Morgan fingerprint density at radius 3 is 2.46 bits per heavy atom. The van der Waals surface area contributed by atoms with E-state index in [-0.39, 0.29) is 17.3 Å². The Hall–Kier alpha value is -4.45. The summed E-state index contributed by atoms with van der Waals surface area (Å²) in [6.45, 7) is 1.54. The Bertz CT molecular complexity index is 1580. The Morgan fingerprint density at radius 1 is 0.946 bits per heavy atom. The lowest BCUT2D eigenvalue weighted by molar-refractivity contribution is 0.0597. The third-order valence-corrected chi connectivity index (χ3v) is 6.82. The molecule has 2 N–H and O–H groups in total. The van der Waals surface area contributed by atoms with E-state index in [0.29, 0.717) is 39.3 Å². The third kappa shape index (κ3) is 5.54. The van der Waals surface area contributed by atoms with Crippen molar-refractivity contribution in [1.29, 1.82) is 0 Å². The number of nitrogens with zero attached hydrogens (tertiary/aromatic N) is 3. The van der Waals surface area contributed by atoms with E-state index < -0.39 is 16.0 Å². The average Bonchev–Trinajstić information content (AvgIpc) is 2.92. The molecule has 2 aromatic carbocycles. The number of fused-ring (bicyclic) bond motifs is 1. The van der Waals surface area contributed by atoms with Crippen LogP contribution in [-0.4, -0.2) is 56.4 Å². The predicted molar refractivity (Wildman–Crippen MR) is 140 cm³/mol. The van der Waals surface area contributed by atoms with E-state index in [9.17, 15) is 13.2 Å². The molecule has 0 radical (unpaired) electrons. The van der Waals surface area contributed by atoms with Gasteiger partial charge in [-0.3, -0.25) is 4.72 Å². The molecular weight excluding hydrogens is 498 g/mol. The van der Waals surface area contributed by atoms with Gasteiger partial charge < -0.3 is 19.5 Å². The van der Waals surface area contributed by atoms with Crippen molar-refractivity contribution in [3.05, 3.63) is 60.6 Å². The molecule has 0 aliphatic rings. The van der Waals surface area contributed by atoms with Crippen molar-refractivity contribution in [1.82, 2.24) is 15.0 Å². The number of carbonyl (C=O) groups excluding carboxylic acids is 1. The number of anilines is 3. The lowest BCUT2D eigenvalue weighted by Gasteiger charge is -2.13. The van der Waals surface area contributed by atoms with Crippen molar-refractivity contribution < 1.29 is 27.4 Å². The number of carbonyl (C=O) groups is 1. The number of methoxy groups -OCH3 is 3. The highest BCUT2D eigenvalue weighted by molar-refractivity contribution is 7.92. The molecule has 12 heteroatoms. The molecule has 37 heavy (non-hydrogen) atoms. The molecule has 4 rings (SSSR count). The van der Waals surface area contributed by atoms with Gasteiger partial charge in [-0.25, -0.2) is 28.2 Å². The molecule has 4 aromatic rings. The van der Waals surface area contributed by atoms with Gasteiger partial charge in [-0.05, 0) is 42.8 Å². The molecule has 0 unspecified atom stereocenters. The van der Waals surface area contributed by atoms with Crippen LogP contribution in [0.5, 0.6) is 11.6 Å². The first-order valence-electron chi connectivity index (χ1n) is 11.1. The maximum atomic E-state index is 12.1. The van der Waals surface area contributed by atoms with Crippen LogP contribution in [0.15, 0.2) is 55.0 Å². The molecule has 0 saturated heterocycles. The van der Waals surface area contributed by atoms with E-state index in [4.69, 9.17) is 14.2 Å². The van der Waals surface area contributed by atoms with Gasteiger partial charge in [0.1, 0.15) is 29.1 Å². The Kier molecular flexibility index (Phi) is 7.39. The summed E-state index contributed by atoms with van der Waals surface area (Å²) in [6.07, 6.45) is 3.04. The maximum absolute atomic E-state index is 12.1. The monoisotopic (exact) mass is 523 g/mol. The van der Waals surface area contributed by atoms with Crippen LogP contribution in [0.3, 0.4) is 0 Å². The standard InChI is InChI=1S/C25H25N5O6S/c1-5-37(32,33)30-21-11-16(13-26-24(21)35-3)15-6-9-20-19(10-15)23(28-14-27-20)29-17-7-8-18(25(31)36-4)22(12-17)34-2/h6-14,30H,5H2,1-4H3,(H,27,28,29). The number of hydrogen-bond donors (Lipinski definition) is 2. The van der Waals surface area contributed by atoms with Crippen molar-refractivity contribution in [2.24, 2.45) is 0 Å². The number of ether oxygens (including phenoxy) is 3. The lowest BCUT2D eigenvalue weighted by Crippen LogP contribution is -2.15. The molecule has 2 aromatic heterocycles. The molecule has 0 fully saturated rings. The number of pyridine rings is 1. The molecule has 11 nitrogen and oxygen atoms in total. The van der Waals surface area contributed by atoms with Gasteiger partial charge in [0.05, 0.1) is 32.6 Å². The van der Waals surface area contributed by atoms with Crippen LogP contribution in [0.25, 0.3) is 22.0 Å².